The minimum absolute atomic E-state index is 0.198. The van der Waals surface area contributed by atoms with Gasteiger partial charge in [0.25, 0.3) is 10.0 Å². The molecule has 1 atom stereocenters. The number of hydrogen-bond acceptors (Lipinski definition) is 4. The monoisotopic (exact) mass is 265 g/mol. The highest BCUT2D eigenvalue weighted by atomic mass is 32.2. The van der Waals surface area contributed by atoms with Gasteiger partial charge < -0.3 is 5.11 Å². The molecule has 1 aliphatic heterocycles. The molecule has 0 spiro atoms. The van der Waals surface area contributed by atoms with Gasteiger partial charge >= 0.3 is 0 Å². The van der Waals surface area contributed by atoms with Crippen LogP contribution in [0.25, 0.3) is 0 Å². The van der Waals surface area contributed by atoms with Crippen molar-refractivity contribution in [3.63, 3.8) is 0 Å². The molecule has 0 bridgehead atoms. The Labute approximate surface area is 96.2 Å². The Morgan fingerprint density at radius 1 is 1.41 bits per heavy atom. The third-order valence-electron chi connectivity index (χ3n) is 2.21. The maximum atomic E-state index is 13.3. The molecular formula is C9H9F2NO4S. The van der Waals surface area contributed by atoms with Crippen LogP contribution in [0.1, 0.15) is 0 Å². The molecule has 0 aromatic heterocycles. The highest BCUT2D eigenvalue weighted by Gasteiger charge is 2.35. The van der Waals surface area contributed by atoms with Crippen LogP contribution in [0.2, 0.25) is 0 Å². The average molecular weight is 265 g/mol. The fraction of sp³-hybridized carbons (Fsp3) is 0.333. The first-order chi connectivity index (χ1) is 7.91. The van der Waals surface area contributed by atoms with Crippen molar-refractivity contribution in [1.29, 1.82) is 0 Å². The van der Waals surface area contributed by atoms with Gasteiger partial charge in [0, 0.05) is 0 Å². The minimum Gasteiger partial charge on any atom is -0.389 e. The normalized spacial score (nSPS) is 21.9. The Bertz CT molecular complexity index is 534. The number of β-amino-alcohol motifs (C(OH)–C–C–N with tert-alkyl or cyclic N) is 1. The number of hydroxylamine groups is 1. The van der Waals surface area contributed by atoms with E-state index < -0.39 is 32.7 Å². The molecule has 1 aromatic rings. The topological polar surface area (TPSA) is 66.8 Å². The Balaban J connectivity index is 2.41. The van der Waals surface area contributed by atoms with E-state index in [0.717, 1.165) is 6.07 Å². The average Bonchev–Trinajstić information content (AvgIpc) is 2.69. The van der Waals surface area contributed by atoms with Gasteiger partial charge in [-0.15, -0.1) is 0 Å². The summed E-state index contributed by atoms with van der Waals surface area (Å²) in [5.74, 6) is -1.94. The zero-order valence-corrected chi connectivity index (χ0v) is 9.32. The zero-order chi connectivity index (χ0) is 12.6. The molecule has 94 valence electrons. The van der Waals surface area contributed by atoms with Crippen LogP contribution in [0.5, 0.6) is 0 Å². The van der Waals surface area contributed by atoms with Gasteiger partial charge in [0.2, 0.25) is 0 Å². The lowest BCUT2D eigenvalue weighted by Gasteiger charge is -2.14. The van der Waals surface area contributed by atoms with Crippen LogP contribution in [0.15, 0.2) is 23.1 Å². The molecule has 1 aromatic carbocycles. The van der Waals surface area contributed by atoms with E-state index in [0.29, 0.717) is 16.6 Å². The van der Waals surface area contributed by atoms with E-state index in [1.165, 1.54) is 0 Å². The van der Waals surface area contributed by atoms with Crippen molar-refractivity contribution < 1.29 is 27.1 Å². The summed E-state index contributed by atoms with van der Waals surface area (Å²) in [5.41, 5.74) is 0. The number of aliphatic hydroxyl groups excluding tert-OH is 1. The van der Waals surface area contributed by atoms with Gasteiger partial charge in [-0.1, -0.05) is 4.47 Å². The molecule has 17 heavy (non-hydrogen) atoms. The first-order valence-electron chi connectivity index (χ1n) is 4.70. The maximum absolute atomic E-state index is 13.3. The third kappa shape index (κ3) is 2.29. The van der Waals surface area contributed by atoms with E-state index in [9.17, 15) is 17.2 Å². The molecule has 0 saturated carbocycles. The van der Waals surface area contributed by atoms with Crippen molar-refractivity contribution in [3.8, 4) is 0 Å². The summed E-state index contributed by atoms with van der Waals surface area (Å²) in [6.45, 7) is -0.506. The number of hydrogen-bond donors (Lipinski definition) is 1. The zero-order valence-electron chi connectivity index (χ0n) is 8.51. The van der Waals surface area contributed by atoms with E-state index in [-0.39, 0.29) is 13.2 Å². The SMILES string of the molecule is O=S(=O)(c1cc(F)ccc1F)N1C[C@H](O)CO1. The largest absolute Gasteiger partial charge is 0.389 e. The lowest BCUT2D eigenvalue weighted by Crippen LogP contribution is -2.29. The lowest BCUT2D eigenvalue weighted by molar-refractivity contribution is -0.0318. The molecule has 0 radical (unpaired) electrons. The van der Waals surface area contributed by atoms with Crippen molar-refractivity contribution in [2.24, 2.45) is 0 Å². The van der Waals surface area contributed by atoms with Crippen molar-refractivity contribution >= 4 is 10.0 Å². The number of halogens is 2. The number of aliphatic hydroxyl groups is 1. The van der Waals surface area contributed by atoms with Crippen LogP contribution in [-0.4, -0.2) is 37.2 Å². The summed E-state index contributed by atoms with van der Waals surface area (Å²) in [7, 11) is -4.29. The molecule has 1 fully saturated rings. The molecule has 0 aliphatic carbocycles. The number of rotatable bonds is 2. The predicted octanol–water partition coefficient (Wildman–Crippen LogP) is 0.262. The molecule has 1 N–H and O–H groups in total. The summed E-state index contributed by atoms with van der Waals surface area (Å²) >= 11 is 0. The molecule has 5 nitrogen and oxygen atoms in total. The molecule has 0 amide bonds. The summed E-state index contributed by atoms with van der Waals surface area (Å²) in [6.07, 6.45) is -0.971. The van der Waals surface area contributed by atoms with Crippen LogP contribution >= 0.6 is 0 Å². The lowest BCUT2D eigenvalue weighted by atomic mass is 10.3. The Hall–Kier alpha value is -1.09. The van der Waals surface area contributed by atoms with Crippen LogP contribution in [0.4, 0.5) is 8.78 Å². The summed E-state index contributed by atoms with van der Waals surface area (Å²) in [4.78, 5) is 3.87. The van der Waals surface area contributed by atoms with Crippen molar-refractivity contribution in [2.75, 3.05) is 13.2 Å². The number of benzene rings is 1. The molecule has 2 rings (SSSR count). The standard InChI is InChI=1S/C9H9F2NO4S/c10-6-1-2-8(11)9(3-6)17(14,15)12-4-7(13)5-16-12/h1-3,7,13H,4-5H2/t7-/m0/s1. The molecule has 1 heterocycles. The van der Waals surface area contributed by atoms with E-state index >= 15 is 0 Å². The van der Waals surface area contributed by atoms with Crippen LogP contribution in [0, 0.1) is 11.6 Å². The molecule has 8 heteroatoms. The smallest absolute Gasteiger partial charge is 0.268 e. The summed E-state index contributed by atoms with van der Waals surface area (Å²) in [5, 5.41) is 9.13. The maximum Gasteiger partial charge on any atom is 0.268 e. The van der Waals surface area contributed by atoms with Gasteiger partial charge in [0.15, 0.2) is 0 Å². The van der Waals surface area contributed by atoms with Crippen LogP contribution in [0.3, 0.4) is 0 Å². The van der Waals surface area contributed by atoms with Gasteiger partial charge in [-0.2, -0.15) is 0 Å². The van der Waals surface area contributed by atoms with Crippen LogP contribution in [-0.2, 0) is 14.9 Å². The van der Waals surface area contributed by atoms with Crippen molar-refractivity contribution in [1.82, 2.24) is 4.47 Å². The minimum atomic E-state index is -4.29. The molecule has 1 saturated heterocycles. The van der Waals surface area contributed by atoms with Crippen LogP contribution < -0.4 is 0 Å². The first kappa shape index (κ1) is 12.4. The fourth-order valence-corrected chi connectivity index (χ4v) is 2.76. The van der Waals surface area contributed by atoms with Gasteiger partial charge in [-0.05, 0) is 18.2 Å². The number of nitrogens with zero attached hydrogens (tertiary/aromatic N) is 1. The van der Waals surface area contributed by atoms with Crippen molar-refractivity contribution in [2.45, 2.75) is 11.0 Å². The van der Waals surface area contributed by atoms with Gasteiger partial charge in [0.05, 0.1) is 19.3 Å². The van der Waals surface area contributed by atoms with Gasteiger partial charge in [0.1, 0.15) is 16.5 Å². The Kier molecular flexibility index (Phi) is 3.13. The van der Waals surface area contributed by atoms with E-state index in [1.54, 1.807) is 0 Å². The fourth-order valence-electron chi connectivity index (χ4n) is 1.40. The molecular weight excluding hydrogens is 256 g/mol. The van der Waals surface area contributed by atoms with E-state index in [1.807, 2.05) is 0 Å². The van der Waals surface area contributed by atoms with Gasteiger partial charge in [-0.3, -0.25) is 4.84 Å². The van der Waals surface area contributed by atoms with Gasteiger partial charge in [-0.25, -0.2) is 17.2 Å². The summed E-state index contributed by atoms with van der Waals surface area (Å²) in [6, 6.07) is 2.10. The second kappa shape index (κ2) is 4.30. The number of sulfonamides is 1. The van der Waals surface area contributed by atoms with Crippen molar-refractivity contribution in [3.05, 3.63) is 29.8 Å². The Morgan fingerprint density at radius 3 is 2.71 bits per heavy atom. The van der Waals surface area contributed by atoms with E-state index in [2.05, 4.69) is 4.84 Å². The second-order valence-electron chi connectivity index (χ2n) is 3.51. The molecule has 0 unspecified atom stereocenters. The highest BCUT2D eigenvalue weighted by molar-refractivity contribution is 7.89. The summed E-state index contributed by atoms with van der Waals surface area (Å²) < 4.78 is 50.4. The van der Waals surface area contributed by atoms with E-state index in [4.69, 9.17) is 5.11 Å². The molecule has 1 aliphatic rings. The third-order valence-corrected chi connectivity index (χ3v) is 3.87. The predicted molar refractivity (Wildman–Crippen MR) is 52.2 cm³/mol. The highest BCUT2D eigenvalue weighted by Crippen LogP contribution is 2.23. The first-order valence-corrected chi connectivity index (χ1v) is 6.14. The Morgan fingerprint density at radius 2 is 2.12 bits per heavy atom. The quantitative estimate of drug-likeness (QED) is 0.833. The second-order valence-corrected chi connectivity index (χ2v) is 5.31.